The van der Waals surface area contributed by atoms with Crippen LogP contribution < -0.4 is 9.99 Å². The fourth-order valence-electron chi connectivity index (χ4n) is 2.94. The molecule has 1 heterocycles. The van der Waals surface area contributed by atoms with Crippen molar-refractivity contribution >= 4 is 22.2 Å². The first-order valence-electron chi connectivity index (χ1n) is 8.96. The van der Waals surface area contributed by atoms with Crippen molar-refractivity contribution in [2.75, 3.05) is 5.43 Å². The van der Waals surface area contributed by atoms with Crippen molar-refractivity contribution in [3.8, 4) is 22.7 Å². The molecule has 3 aromatic carbocycles. The first-order valence-corrected chi connectivity index (χ1v) is 9.84. The largest absolute Gasteiger partial charge is 0.508 e. The van der Waals surface area contributed by atoms with E-state index in [2.05, 4.69) is 44.7 Å². The summed E-state index contributed by atoms with van der Waals surface area (Å²) >= 11 is 1.61. The maximum Gasteiger partial charge on any atom is 0.364 e. The Bertz CT molecular complexity index is 1090. The zero-order valence-corrected chi connectivity index (χ0v) is 16.2. The molecule has 0 saturated carbocycles. The number of hydrogen-bond acceptors (Lipinski definition) is 4. The molecule has 4 nitrogen and oxygen atoms in total. The van der Waals surface area contributed by atoms with Crippen LogP contribution in [-0.2, 0) is 0 Å². The molecule has 0 spiro atoms. The predicted octanol–water partition coefficient (Wildman–Crippen LogP) is 5.23. The third kappa shape index (κ3) is 3.80. The quantitative estimate of drug-likeness (QED) is 0.280. The molecule has 0 fully saturated rings. The average molecular weight is 387 g/mol. The molecule has 1 aromatic heterocycles. The summed E-state index contributed by atoms with van der Waals surface area (Å²) < 4.78 is 2.17. The third-order valence-corrected chi connectivity index (χ3v) is 5.25. The summed E-state index contributed by atoms with van der Waals surface area (Å²) in [5.41, 5.74) is 8.35. The van der Waals surface area contributed by atoms with Crippen LogP contribution in [0.4, 0.5) is 5.13 Å². The van der Waals surface area contributed by atoms with E-state index >= 15 is 0 Å². The van der Waals surface area contributed by atoms with Gasteiger partial charge in [-0.3, -0.25) is 0 Å². The summed E-state index contributed by atoms with van der Waals surface area (Å²) in [6.07, 6.45) is 0. The number of anilines is 1. The molecule has 0 bridgehead atoms. The highest BCUT2D eigenvalue weighted by atomic mass is 32.1. The standard InChI is InChI=1S/C23H19N3OS/c1-17(18-12-14-21(27)15-13-18)24-25-23-26(20-10-6-3-7-11-20)22(16-28-23)19-8-4-2-5-9-19/h2-16H,1H3,(H,24,27)/p+1. The summed E-state index contributed by atoms with van der Waals surface area (Å²) in [7, 11) is 0. The van der Waals surface area contributed by atoms with Crippen molar-refractivity contribution in [3.05, 3.63) is 95.9 Å². The highest BCUT2D eigenvalue weighted by Crippen LogP contribution is 2.25. The van der Waals surface area contributed by atoms with E-state index in [0.29, 0.717) is 0 Å². The number of hydrazone groups is 1. The molecule has 0 amide bonds. The molecule has 0 aliphatic rings. The molecule has 5 heteroatoms. The van der Waals surface area contributed by atoms with Crippen LogP contribution in [0.2, 0.25) is 0 Å². The molecule has 0 radical (unpaired) electrons. The number of para-hydroxylation sites is 1. The van der Waals surface area contributed by atoms with Gasteiger partial charge in [0.2, 0.25) is 0 Å². The minimum Gasteiger partial charge on any atom is -0.508 e. The fourth-order valence-corrected chi connectivity index (χ4v) is 3.81. The molecule has 138 valence electrons. The predicted molar refractivity (Wildman–Crippen MR) is 115 cm³/mol. The minimum atomic E-state index is 0.247. The van der Waals surface area contributed by atoms with Crippen LogP contribution in [0.5, 0.6) is 5.75 Å². The third-order valence-electron chi connectivity index (χ3n) is 4.41. The second-order valence-electron chi connectivity index (χ2n) is 6.32. The van der Waals surface area contributed by atoms with E-state index in [1.165, 1.54) is 0 Å². The van der Waals surface area contributed by atoms with Gasteiger partial charge in [0.1, 0.15) is 11.4 Å². The topological polar surface area (TPSA) is 48.5 Å². The number of hydrogen-bond donors (Lipinski definition) is 2. The molecule has 0 saturated heterocycles. The molecule has 2 N–H and O–H groups in total. The van der Waals surface area contributed by atoms with Gasteiger partial charge in [-0.15, -0.1) is 5.43 Å². The summed E-state index contributed by atoms with van der Waals surface area (Å²) in [4.78, 5) is 0. The zero-order chi connectivity index (χ0) is 19.3. The van der Waals surface area contributed by atoms with E-state index < -0.39 is 0 Å². The summed E-state index contributed by atoms with van der Waals surface area (Å²) in [6, 6.07) is 27.6. The number of aromatic nitrogens is 1. The normalized spacial score (nSPS) is 11.4. The summed E-state index contributed by atoms with van der Waals surface area (Å²) in [6.45, 7) is 1.94. The lowest BCUT2D eigenvalue weighted by Crippen LogP contribution is -2.33. The van der Waals surface area contributed by atoms with Crippen LogP contribution in [0, 0.1) is 0 Å². The molecule has 0 aliphatic heterocycles. The molecule has 0 atom stereocenters. The number of nitrogens with one attached hydrogen (secondary N) is 1. The first-order chi connectivity index (χ1) is 13.7. The van der Waals surface area contributed by atoms with E-state index in [9.17, 15) is 5.11 Å². The number of nitrogens with zero attached hydrogens (tertiary/aromatic N) is 2. The molecular weight excluding hydrogens is 366 g/mol. The molecular formula is C23H20N3OS+. The van der Waals surface area contributed by atoms with Gasteiger partial charge >= 0.3 is 5.13 Å². The number of thiazole rings is 1. The zero-order valence-electron chi connectivity index (χ0n) is 15.4. The Hall–Kier alpha value is -3.44. The maximum atomic E-state index is 9.46. The van der Waals surface area contributed by atoms with Gasteiger partial charge in [-0.05, 0) is 48.9 Å². The molecule has 4 rings (SSSR count). The lowest BCUT2D eigenvalue weighted by atomic mass is 10.1. The van der Waals surface area contributed by atoms with Crippen LogP contribution in [0.1, 0.15) is 12.5 Å². The monoisotopic (exact) mass is 386 g/mol. The number of rotatable bonds is 5. The van der Waals surface area contributed by atoms with Crippen molar-refractivity contribution in [2.24, 2.45) is 5.10 Å². The lowest BCUT2D eigenvalue weighted by Gasteiger charge is -2.05. The van der Waals surface area contributed by atoms with Crippen LogP contribution in [0.3, 0.4) is 0 Å². The Morgan fingerprint density at radius 2 is 1.54 bits per heavy atom. The Morgan fingerprint density at radius 1 is 0.893 bits per heavy atom. The van der Waals surface area contributed by atoms with Crippen LogP contribution in [0.25, 0.3) is 16.9 Å². The Morgan fingerprint density at radius 3 is 2.21 bits per heavy atom. The van der Waals surface area contributed by atoms with Gasteiger partial charge in [0.25, 0.3) is 0 Å². The number of aromatic hydroxyl groups is 1. The van der Waals surface area contributed by atoms with E-state index in [4.69, 9.17) is 0 Å². The van der Waals surface area contributed by atoms with Crippen LogP contribution in [0.15, 0.2) is 95.4 Å². The Balaban J connectivity index is 1.72. The highest BCUT2D eigenvalue weighted by Gasteiger charge is 2.21. The highest BCUT2D eigenvalue weighted by molar-refractivity contribution is 7.13. The number of phenolic OH excluding ortho intramolecular Hbond substituents is 1. The van der Waals surface area contributed by atoms with Gasteiger partial charge < -0.3 is 5.11 Å². The lowest BCUT2D eigenvalue weighted by molar-refractivity contribution is -0.564. The van der Waals surface area contributed by atoms with E-state index in [1.54, 1.807) is 23.5 Å². The first kappa shape index (κ1) is 17.9. The second kappa shape index (κ2) is 8.06. The number of benzene rings is 3. The van der Waals surface area contributed by atoms with Gasteiger partial charge in [-0.25, -0.2) is 0 Å². The second-order valence-corrected chi connectivity index (χ2v) is 7.18. The average Bonchev–Trinajstić information content (AvgIpc) is 3.18. The maximum absolute atomic E-state index is 9.46. The van der Waals surface area contributed by atoms with E-state index in [0.717, 1.165) is 33.4 Å². The summed E-state index contributed by atoms with van der Waals surface area (Å²) in [5.74, 6) is 0.247. The van der Waals surface area contributed by atoms with Crippen molar-refractivity contribution < 1.29 is 9.67 Å². The molecule has 28 heavy (non-hydrogen) atoms. The smallest absolute Gasteiger partial charge is 0.364 e. The van der Waals surface area contributed by atoms with Crippen molar-refractivity contribution in [3.63, 3.8) is 0 Å². The molecule has 0 aliphatic carbocycles. The van der Waals surface area contributed by atoms with E-state index in [1.807, 2.05) is 55.5 Å². The van der Waals surface area contributed by atoms with Crippen LogP contribution >= 0.6 is 11.3 Å². The van der Waals surface area contributed by atoms with Crippen molar-refractivity contribution in [2.45, 2.75) is 6.92 Å². The van der Waals surface area contributed by atoms with Gasteiger partial charge in [0.15, 0.2) is 5.69 Å². The fraction of sp³-hybridized carbons (Fsp3) is 0.0435. The van der Waals surface area contributed by atoms with Gasteiger partial charge in [-0.1, -0.05) is 65.0 Å². The number of phenols is 1. The van der Waals surface area contributed by atoms with Crippen molar-refractivity contribution in [1.29, 1.82) is 0 Å². The molecule has 4 aromatic rings. The SMILES string of the molecule is C/C(=N\Nc1scc(-c2ccccc2)[n+]1-c1ccccc1)c1ccc(O)cc1. The van der Waals surface area contributed by atoms with Crippen LogP contribution in [-0.4, -0.2) is 10.8 Å². The van der Waals surface area contributed by atoms with Gasteiger partial charge in [-0.2, -0.15) is 4.57 Å². The van der Waals surface area contributed by atoms with Gasteiger partial charge in [0.05, 0.1) is 5.71 Å². The summed E-state index contributed by atoms with van der Waals surface area (Å²) in [5, 5.41) is 17.1. The minimum absolute atomic E-state index is 0.247. The van der Waals surface area contributed by atoms with Crippen molar-refractivity contribution in [1.82, 2.24) is 0 Å². The Labute approximate surface area is 168 Å². The van der Waals surface area contributed by atoms with E-state index in [-0.39, 0.29) is 5.75 Å². The van der Waals surface area contributed by atoms with Gasteiger partial charge in [0, 0.05) is 10.9 Å². The Kier molecular flexibility index (Phi) is 5.17. The molecule has 0 unspecified atom stereocenters.